The second-order valence-corrected chi connectivity index (χ2v) is 5.32. The van der Waals surface area contributed by atoms with E-state index < -0.39 is 23.0 Å². The first-order valence-electron chi connectivity index (χ1n) is 7.79. The van der Waals surface area contributed by atoms with Crippen molar-refractivity contribution in [3.8, 4) is 0 Å². The smallest absolute Gasteiger partial charge is 0.350 e. The van der Waals surface area contributed by atoms with E-state index in [1.54, 1.807) is 20.8 Å². The molecule has 0 N–H and O–H groups in total. The minimum absolute atomic E-state index is 0.0385. The number of Topliss-reactive ketones (excluding diaryl/α,β-unsaturated/α-hetero) is 1. The van der Waals surface area contributed by atoms with Gasteiger partial charge in [-0.1, -0.05) is 27.7 Å². The van der Waals surface area contributed by atoms with Gasteiger partial charge in [-0.05, 0) is 26.7 Å². The van der Waals surface area contributed by atoms with Gasteiger partial charge in [-0.15, -0.1) is 0 Å². The molecular weight excluding hydrogens is 304 g/mol. The average molecular weight is 330 g/mol. The number of cyclic esters (lactones) is 3. The Balaban J connectivity index is 0.000000381. The summed E-state index contributed by atoms with van der Waals surface area (Å²) in [6.07, 6.45) is 0.974. The van der Waals surface area contributed by atoms with Crippen molar-refractivity contribution < 1.29 is 33.4 Å². The quantitative estimate of drug-likeness (QED) is 0.433. The van der Waals surface area contributed by atoms with Crippen LogP contribution in [0.5, 0.6) is 0 Å². The predicted molar refractivity (Wildman–Crippen MR) is 81.5 cm³/mol. The van der Waals surface area contributed by atoms with Gasteiger partial charge in [-0.3, -0.25) is 9.59 Å². The highest BCUT2D eigenvalue weighted by atomic mass is 16.6. The highest BCUT2D eigenvalue weighted by molar-refractivity contribution is 6.08. The molecule has 2 atom stereocenters. The number of esters is 3. The van der Waals surface area contributed by atoms with Crippen molar-refractivity contribution >= 4 is 23.7 Å². The van der Waals surface area contributed by atoms with Crippen LogP contribution in [-0.2, 0) is 33.4 Å². The van der Waals surface area contributed by atoms with Crippen LogP contribution in [0.25, 0.3) is 0 Å². The maximum atomic E-state index is 11.0. The SMILES string of the molecule is CC.CCC1(C)C(=O)COC1=O.CCC1(C)OC(=O)COC1=O. The molecule has 0 saturated carbocycles. The molecule has 132 valence electrons. The summed E-state index contributed by atoms with van der Waals surface area (Å²) >= 11 is 0. The molecule has 2 unspecified atom stereocenters. The Morgan fingerprint density at radius 3 is 1.70 bits per heavy atom. The Bertz CT molecular complexity index is 453. The Kier molecular flexibility index (Phi) is 7.92. The average Bonchev–Trinajstić information content (AvgIpc) is 2.82. The summed E-state index contributed by atoms with van der Waals surface area (Å²) in [5, 5.41) is 0. The third kappa shape index (κ3) is 4.77. The van der Waals surface area contributed by atoms with Gasteiger partial charge in [-0.2, -0.15) is 0 Å². The normalized spacial score (nSPS) is 29.3. The Labute approximate surface area is 136 Å². The molecule has 0 spiro atoms. The zero-order chi connectivity index (χ0) is 18.3. The van der Waals surface area contributed by atoms with Crippen LogP contribution in [0.4, 0.5) is 0 Å². The van der Waals surface area contributed by atoms with Crippen molar-refractivity contribution in [2.75, 3.05) is 13.2 Å². The Morgan fingerprint density at radius 2 is 1.39 bits per heavy atom. The number of hydrogen-bond acceptors (Lipinski definition) is 7. The molecule has 0 aromatic heterocycles. The fourth-order valence-corrected chi connectivity index (χ4v) is 1.72. The molecule has 2 heterocycles. The molecule has 0 radical (unpaired) electrons. The zero-order valence-electron chi connectivity index (χ0n) is 14.7. The molecule has 2 aliphatic heterocycles. The fraction of sp³-hybridized carbons (Fsp3) is 0.750. The Hall–Kier alpha value is -1.92. The van der Waals surface area contributed by atoms with Gasteiger partial charge < -0.3 is 14.2 Å². The molecule has 7 nitrogen and oxygen atoms in total. The van der Waals surface area contributed by atoms with Gasteiger partial charge in [0.25, 0.3) is 0 Å². The minimum Gasteiger partial charge on any atom is -0.457 e. The van der Waals surface area contributed by atoms with Gasteiger partial charge in [-0.25, -0.2) is 9.59 Å². The van der Waals surface area contributed by atoms with E-state index in [-0.39, 0.29) is 25.0 Å². The lowest BCUT2D eigenvalue weighted by Crippen LogP contribution is -2.47. The van der Waals surface area contributed by atoms with Gasteiger partial charge in [0.1, 0.15) is 5.41 Å². The molecule has 0 aromatic carbocycles. The summed E-state index contributed by atoms with van der Waals surface area (Å²) < 4.78 is 14.0. The minimum atomic E-state index is -1.06. The van der Waals surface area contributed by atoms with Gasteiger partial charge >= 0.3 is 17.9 Å². The van der Waals surface area contributed by atoms with Gasteiger partial charge in [0.05, 0.1) is 0 Å². The largest absolute Gasteiger partial charge is 0.457 e. The molecule has 2 fully saturated rings. The second-order valence-electron chi connectivity index (χ2n) is 5.32. The molecule has 2 saturated heterocycles. The number of ketones is 1. The first-order chi connectivity index (χ1) is 10.7. The van der Waals surface area contributed by atoms with Crippen molar-refractivity contribution in [1.29, 1.82) is 0 Å². The topological polar surface area (TPSA) is 96.0 Å². The third-order valence-corrected chi connectivity index (χ3v) is 3.87. The first kappa shape index (κ1) is 21.1. The van der Waals surface area contributed by atoms with Crippen LogP contribution < -0.4 is 0 Å². The van der Waals surface area contributed by atoms with Crippen molar-refractivity contribution in [3.05, 3.63) is 0 Å². The highest BCUT2D eigenvalue weighted by Crippen LogP contribution is 2.29. The lowest BCUT2D eigenvalue weighted by Gasteiger charge is -2.29. The van der Waals surface area contributed by atoms with Crippen LogP contribution in [0.15, 0.2) is 0 Å². The predicted octanol–water partition coefficient (Wildman–Crippen LogP) is 1.81. The van der Waals surface area contributed by atoms with Crippen molar-refractivity contribution in [3.63, 3.8) is 0 Å². The lowest BCUT2D eigenvalue weighted by atomic mass is 9.85. The Morgan fingerprint density at radius 1 is 0.870 bits per heavy atom. The monoisotopic (exact) mass is 330 g/mol. The molecular formula is C16H26O7. The van der Waals surface area contributed by atoms with Crippen LogP contribution in [0.3, 0.4) is 0 Å². The van der Waals surface area contributed by atoms with E-state index in [0.717, 1.165) is 0 Å². The van der Waals surface area contributed by atoms with Crippen LogP contribution >= 0.6 is 0 Å². The number of ether oxygens (including phenoxy) is 3. The molecule has 0 aliphatic carbocycles. The third-order valence-electron chi connectivity index (χ3n) is 3.87. The van der Waals surface area contributed by atoms with Crippen molar-refractivity contribution in [1.82, 2.24) is 0 Å². The zero-order valence-corrected chi connectivity index (χ0v) is 14.7. The standard InChI is InChI=1S/C7H10O4.C7H10O3.C2H6/c1-3-7(2)6(9)10-4-5(8)11-7;1-3-7(2)5(8)4-10-6(7)9;1-2/h3-4H2,1-2H3;3-4H2,1-2H3;1-2H3. The maximum absolute atomic E-state index is 11.0. The molecule has 0 amide bonds. The van der Waals surface area contributed by atoms with Crippen molar-refractivity contribution in [2.45, 2.75) is 60.0 Å². The molecule has 0 bridgehead atoms. The summed E-state index contributed by atoms with van der Waals surface area (Å²) in [7, 11) is 0. The fourth-order valence-electron chi connectivity index (χ4n) is 1.72. The summed E-state index contributed by atoms with van der Waals surface area (Å²) in [4.78, 5) is 43.6. The van der Waals surface area contributed by atoms with E-state index in [1.165, 1.54) is 0 Å². The van der Waals surface area contributed by atoms with Crippen LogP contribution in [0.1, 0.15) is 54.4 Å². The van der Waals surface area contributed by atoms with Crippen LogP contribution in [0.2, 0.25) is 0 Å². The van der Waals surface area contributed by atoms with Gasteiger partial charge in [0.2, 0.25) is 5.60 Å². The van der Waals surface area contributed by atoms with E-state index in [1.807, 2.05) is 20.8 Å². The second kappa shape index (κ2) is 8.64. The van der Waals surface area contributed by atoms with Gasteiger partial charge in [0, 0.05) is 0 Å². The maximum Gasteiger partial charge on any atom is 0.350 e. The van der Waals surface area contributed by atoms with E-state index in [9.17, 15) is 19.2 Å². The summed E-state index contributed by atoms with van der Waals surface area (Å²) in [6, 6.07) is 0. The number of hydrogen-bond donors (Lipinski definition) is 0. The number of carbonyl (C=O) groups is 4. The van der Waals surface area contributed by atoms with E-state index in [2.05, 4.69) is 9.47 Å². The van der Waals surface area contributed by atoms with Crippen LogP contribution in [-0.4, -0.2) is 42.5 Å². The molecule has 2 aliphatic rings. The number of carbonyl (C=O) groups excluding carboxylic acids is 4. The highest BCUT2D eigenvalue weighted by Gasteiger charge is 2.46. The first-order valence-corrected chi connectivity index (χ1v) is 7.79. The van der Waals surface area contributed by atoms with Crippen molar-refractivity contribution in [2.24, 2.45) is 5.41 Å². The van der Waals surface area contributed by atoms with Gasteiger partial charge in [0.15, 0.2) is 19.0 Å². The summed E-state index contributed by atoms with van der Waals surface area (Å²) in [5.41, 5.74) is -1.91. The molecule has 23 heavy (non-hydrogen) atoms. The number of rotatable bonds is 2. The van der Waals surface area contributed by atoms with E-state index in [0.29, 0.717) is 12.8 Å². The van der Waals surface area contributed by atoms with Crippen LogP contribution in [0, 0.1) is 5.41 Å². The molecule has 2 rings (SSSR count). The lowest BCUT2D eigenvalue weighted by molar-refractivity contribution is -0.198. The van der Waals surface area contributed by atoms with E-state index in [4.69, 9.17) is 4.74 Å². The van der Waals surface area contributed by atoms with E-state index >= 15 is 0 Å². The summed E-state index contributed by atoms with van der Waals surface area (Å²) in [5.74, 6) is -1.41. The summed E-state index contributed by atoms with van der Waals surface area (Å²) in [6.45, 7) is 10.5. The molecule has 7 heteroatoms. The molecule has 0 aromatic rings.